The number of fused-ring (bicyclic) bond motifs is 2. The fourth-order valence-corrected chi connectivity index (χ4v) is 6.25. The summed E-state index contributed by atoms with van der Waals surface area (Å²) in [5.41, 5.74) is 4.07. The summed E-state index contributed by atoms with van der Waals surface area (Å²) >= 11 is 7.64. The van der Waals surface area contributed by atoms with Gasteiger partial charge in [-0.25, -0.2) is 9.79 Å². The average molecular weight is 548 g/mol. The first-order valence-electron chi connectivity index (χ1n) is 11.9. The second-order valence-corrected chi connectivity index (χ2v) is 10.3. The zero-order valence-corrected chi connectivity index (χ0v) is 23.0. The Hall–Kier alpha value is -3.88. The van der Waals surface area contributed by atoms with Gasteiger partial charge in [-0.3, -0.25) is 9.36 Å². The summed E-state index contributed by atoms with van der Waals surface area (Å²) < 4.78 is 14.9. The maximum absolute atomic E-state index is 14.0. The third kappa shape index (κ3) is 4.10. The molecular formula is C29H26ClN3O4S. The van der Waals surface area contributed by atoms with Gasteiger partial charge in [-0.1, -0.05) is 47.2 Å². The number of benzene rings is 2. The van der Waals surface area contributed by atoms with E-state index in [1.54, 1.807) is 25.1 Å². The number of carbonyl (C=O) groups excluding carboxylic acids is 1. The third-order valence-electron chi connectivity index (χ3n) is 6.78. The van der Waals surface area contributed by atoms with Crippen LogP contribution in [0.25, 0.3) is 17.0 Å². The van der Waals surface area contributed by atoms with Crippen molar-refractivity contribution in [1.82, 2.24) is 9.13 Å². The van der Waals surface area contributed by atoms with Crippen LogP contribution in [0.1, 0.15) is 29.8 Å². The molecule has 0 N–H and O–H groups in total. The SMILES string of the molecule is C=CCn1c(C)c(/C=c2\sc3n(c2=O)[C@H](c2cc(Cl)ccc2OC)C(C(=O)OC)=C(C)N=3)c2ccccc21. The number of aromatic nitrogens is 2. The molecule has 0 aliphatic carbocycles. The molecule has 0 fully saturated rings. The van der Waals surface area contributed by atoms with E-state index in [0.29, 0.717) is 37.9 Å². The molecule has 1 aliphatic heterocycles. The summed E-state index contributed by atoms with van der Waals surface area (Å²) in [5.74, 6) is -0.0793. The number of halogens is 1. The van der Waals surface area contributed by atoms with E-state index in [9.17, 15) is 9.59 Å². The van der Waals surface area contributed by atoms with E-state index in [1.807, 2.05) is 37.3 Å². The van der Waals surface area contributed by atoms with Crippen molar-refractivity contribution in [2.45, 2.75) is 26.4 Å². The number of nitrogens with zero attached hydrogens (tertiary/aromatic N) is 3. The van der Waals surface area contributed by atoms with Crippen LogP contribution in [0.2, 0.25) is 5.02 Å². The van der Waals surface area contributed by atoms with Crippen LogP contribution in [0.15, 0.2) is 76.2 Å². The molecule has 2 aromatic heterocycles. The Morgan fingerprint density at radius 2 is 1.97 bits per heavy atom. The van der Waals surface area contributed by atoms with Crippen LogP contribution in [-0.4, -0.2) is 29.3 Å². The molecule has 7 nitrogen and oxygen atoms in total. The summed E-state index contributed by atoms with van der Waals surface area (Å²) in [5, 5.41) is 1.49. The topological polar surface area (TPSA) is 74.8 Å². The minimum atomic E-state index is -0.822. The molecule has 0 saturated carbocycles. The number of esters is 1. The van der Waals surface area contributed by atoms with Crippen LogP contribution in [0.4, 0.5) is 0 Å². The lowest BCUT2D eigenvalue weighted by molar-refractivity contribution is -0.136. The molecule has 1 aliphatic rings. The van der Waals surface area contributed by atoms with Gasteiger partial charge in [0.2, 0.25) is 0 Å². The van der Waals surface area contributed by atoms with Crippen molar-refractivity contribution in [1.29, 1.82) is 0 Å². The Bertz CT molecular complexity index is 1830. The number of hydrogen-bond acceptors (Lipinski definition) is 6. The largest absolute Gasteiger partial charge is 0.496 e. The molecule has 194 valence electrons. The summed E-state index contributed by atoms with van der Waals surface area (Å²) in [7, 11) is 2.84. The molecule has 0 unspecified atom stereocenters. The quantitative estimate of drug-likeness (QED) is 0.263. The second-order valence-electron chi connectivity index (χ2n) is 8.88. The normalized spacial score (nSPS) is 15.4. The summed E-state index contributed by atoms with van der Waals surface area (Å²) in [6, 6.07) is 12.4. The maximum Gasteiger partial charge on any atom is 0.338 e. The number of methoxy groups -OCH3 is 2. The van der Waals surface area contributed by atoms with Gasteiger partial charge in [-0.05, 0) is 44.2 Å². The standard InChI is InChI=1S/C29H26ClN3O4S/c1-6-13-32-17(3)20(19-9-7-8-10-22(19)32)15-24-27(34)33-26(21-14-18(30)11-12-23(21)36-4)25(28(35)37-5)16(2)31-29(33)38-24/h6-12,14-15,26H,1,13H2,2-5H3/b24-15-/t26-/m1/s1. The first-order chi connectivity index (χ1) is 18.3. The number of hydrogen-bond donors (Lipinski definition) is 0. The van der Waals surface area contributed by atoms with Crippen molar-refractivity contribution in [3.63, 3.8) is 0 Å². The van der Waals surface area contributed by atoms with E-state index < -0.39 is 12.0 Å². The predicted octanol–water partition coefficient (Wildman–Crippen LogP) is 4.52. The molecular weight excluding hydrogens is 522 g/mol. The fraction of sp³-hybridized carbons (Fsp3) is 0.207. The minimum absolute atomic E-state index is 0.255. The van der Waals surface area contributed by atoms with Crippen LogP contribution in [0.5, 0.6) is 5.75 Å². The highest BCUT2D eigenvalue weighted by Gasteiger charge is 2.35. The zero-order valence-electron chi connectivity index (χ0n) is 21.4. The van der Waals surface area contributed by atoms with Crippen LogP contribution < -0.4 is 19.6 Å². The van der Waals surface area contributed by atoms with Gasteiger partial charge in [0.1, 0.15) is 11.8 Å². The first kappa shape index (κ1) is 25.8. The van der Waals surface area contributed by atoms with E-state index >= 15 is 0 Å². The Balaban J connectivity index is 1.82. The van der Waals surface area contributed by atoms with Crippen LogP contribution in [-0.2, 0) is 16.1 Å². The molecule has 5 rings (SSSR count). The molecule has 1 atom stereocenters. The van der Waals surface area contributed by atoms with Crippen molar-refractivity contribution >= 4 is 45.9 Å². The molecule has 0 spiro atoms. The van der Waals surface area contributed by atoms with Crippen molar-refractivity contribution in [3.8, 4) is 5.75 Å². The van der Waals surface area contributed by atoms with Gasteiger partial charge in [0.15, 0.2) is 4.80 Å². The van der Waals surface area contributed by atoms with Gasteiger partial charge in [-0.15, -0.1) is 6.58 Å². The van der Waals surface area contributed by atoms with E-state index in [4.69, 9.17) is 21.1 Å². The number of para-hydroxylation sites is 1. The van der Waals surface area contributed by atoms with Gasteiger partial charge in [0, 0.05) is 39.3 Å². The summed E-state index contributed by atoms with van der Waals surface area (Å²) in [6.07, 6.45) is 3.76. The molecule has 0 amide bonds. The summed E-state index contributed by atoms with van der Waals surface area (Å²) in [4.78, 5) is 32.1. The second kappa shape index (κ2) is 10.1. The average Bonchev–Trinajstić information content (AvgIpc) is 3.36. The first-order valence-corrected chi connectivity index (χ1v) is 13.1. The summed E-state index contributed by atoms with van der Waals surface area (Å²) in [6.45, 7) is 8.31. The number of thiazole rings is 1. The smallest absolute Gasteiger partial charge is 0.338 e. The Morgan fingerprint density at radius 1 is 1.21 bits per heavy atom. The lowest BCUT2D eigenvalue weighted by Gasteiger charge is -2.25. The predicted molar refractivity (Wildman–Crippen MR) is 151 cm³/mol. The molecule has 0 saturated heterocycles. The molecule has 0 radical (unpaired) electrons. The van der Waals surface area contributed by atoms with Gasteiger partial charge in [0.05, 0.1) is 30.0 Å². The van der Waals surface area contributed by atoms with E-state index in [1.165, 1.54) is 30.1 Å². The fourth-order valence-electron chi connectivity index (χ4n) is 5.04. The lowest BCUT2D eigenvalue weighted by atomic mass is 9.95. The lowest BCUT2D eigenvalue weighted by Crippen LogP contribution is -2.40. The zero-order chi connectivity index (χ0) is 27.1. The monoisotopic (exact) mass is 547 g/mol. The highest BCUT2D eigenvalue weighted by Crippen LogP contribution is 2.37. The Labute approximate surface area is 228 Å². The van der Waals surface area contributed by atoms with E-state index in [0.717, 1.165) is 22.2 Å². The van der Waals surface area contributed by atoms with E-state index in [2.05, 4.69) is 22.2 Å². The minimum Gasteiger partial charge on any atom is -0.496 e. The molecule has 3 heterocycles. The molecule has 0 bridgehead atoms. The van der Waals surface area contributed by atoms with Crippen LogP contribution >= 0.6 is 22.9 Å². The number of rotatable bonds is 6. The van der Waals surface area contributed by atoms with Gasteiger partial charge < -0.3 is 14.0 Å². The van der Waals surface area contributed by atoms with E-state index in [-0.39, 0.29) is 11.1 Å². The van der Waals surface area contributed by atoms with Crippen LogP contribution in [0, 0.1) is 6.92 Å². The van der Waals surface area contributed by atoms with Crippen molar-refractivity contribution in [3.05, 3.63) is 108 Å². The molecule has 4 aromatic rings. The van der Waals surface area contributed by atoms with Gasteiger partial charge >= 0.3 is 5.97 Å². The Morgan fingerprint density at radius 3 is 2.68 bits per heavy atom. The molecule has 2 aromatic carbocycles. The Kier molecular flexibility index (Phi) is 6.86. The maximum atomic E-state index is 14.0. The number of allylic oxidation sites excluding steroid dienone is 2. The third-order valence-corrected chi connectivity index (χ3v) is 8.00. The molecule has 9 heteroatoms. The van der Waals surface area contributed by atoms with Crippen molar-refractivity contribution in [2.75, 3.05) is 14.2 Å². The van der Waals surface area contributed by atoms with Crippen molar-refractivity contribution < 1.29 is 14.3 Å². The molecule has 38 heavy (non-hydrogen) atoms. The van der Waals surface area contributed by atoms with Gasteiger partial charge in [0.25, 0.3) is 5.56 Å². The highest BCUT2D eigenvalue weighted by atomic mass is 35.5. The highest BCUT2D eigenvalue weighted by molar-refractivity contribution is 7.07. The number of ether oxygens (including phenoxy) is 2. The van der Waals surface area contributed by atoms with Crippen LogP contribution in [0.3, 0.4) is 0 Å². The van der Waals surface area contributed by atoms with Crippen molar-refractivity contribution in [2.24, 2.45) is 4.99 Å². The number of carbonyl (C=O) groups is 1. The van der Waals surface area contributed by atoms with Gasteiger partial charge in [-0.2, -0.15) is 0 Å².